The molecule has 0 heterocycles. The first-order chi connectivity index (χ1) is 8.77. The highest BCUT2D eigenvalue weighted by molar-refractivity contribution is 7.87. The third kappa shape index (κ3) is 4.96. The average molecular weight is 295 g/mol. The molecule has 7 nitrogen and oxygen atoms in total. The number of hydrogen-bond donors (Lipinski definition) is 2. The summed E-state index contributed by atoms with van der Waals surface area (Å²) in [6.45, 7) is 7.65. The monoisotopic (exact) mass is 295 g/mol. The lowest BCUT2D eigenvalue weighted by Crippen LogP contribution is -2.58. The number of nitrogens with one attached hydrogen (secondary N) is 1. The number of nitrogens with zero attached hydrogens (tertiary/aromatic N) is 1. The molecule has 8 heteroatoms. The molecule has 19 heavy (non-hydrogen) atoms. The molecule has 114 valence electrons. The first kappa shape index (κ1) is 18.1. The van der Waals surface area contributed by atoms with Crippen molar-refractivity contribution in [3.8, 4) is 0 Å². The van der Waals surface area contributed by atoms with Gasteiger partial charge in [-0.3, -0.25) is 0 Å². The summed E-state index contributed by atoms with van der Waals surface area (Å²) in [5.41, 5.74) is 4.96. The highest BCUT2D eigenvalue weighted by Crippen LogP contribution is 2.21. The van der Waals surface area contributed by atoms with E-state index in [1.165, 1.54) is 4.31 Å². The van der Waals surface area contributed by atoms with Crippen LogP contribution in [-0.2, 0) is 14.9 Å². The second kappa shape index (κ2) is 7.66. The Kier molecular flexibility index (Phi) is 7.32. The van der Waals surface area contributed by atoms with Crippen LogP contribution in [0.4, 0.5) is 4.79 Å². The first-order valence-electron chi connectivity index (χ1n) is 6.44. The minimum Gasteiger partial charge on any atom is -0.449 e. The summed E-state index contributed by atoms with van der Waals surface area (Å²) in [6.07, 6.45) is 0.200. The Balaban J connectivity index is 5.21. The van der Waals surface area contributed by atoms with Gasteiger partial charge in [-0.2, -0.15) is 12.7 Å². The molecule has 0 fully saturated rings. The lowest BCUT2D eigenvalue weighted by Gasteiger charge is -2.38. The molecular formula is C11H25N3O4S. The molecule has 0 aliphatic carbocycles. The largest absolute Gasteiger partial charge is 0.449 e. The van der Waals surface area contributed by atoms with Crippen molar-refractivity contribution in [3.05, 3.63) is 0 Å². The van der Waals surface area contributed by atoms with E-state index >= 15 is 0 Å². The van der Waals surface area contributed by atoms with E-state index in [0.29, 0.717) is 12.8 Å². The lowest BCUT2D eigenvalue weighted by molar-refractivity contribution is 0.155. The van der Waals surface area contributed by atoms with Crippen molar-refractivity contribution in [2.75, 3.05) is 19.7 Å². The zero-order valence-corrected chi connectivity index (χ0v) is 12.9. The fraction of sp³-hybridized carbons (Fsp3) is 0.909. The van der Waals surface area contributed by atoms with Gasteiger partial charge in [0.05, 0.1) is 6.61 Å². The number of nitrogens with two attached hydrogens (primary N) is 1. The molecule has 1 amide bonds. The van der Waals surface area contributed by atoms with Crippen molar-refractivity contribution in [1.82, 2.24) is 9.03 Å². The van der Waals surface area contributed by atoms with E-state index < -0.39 is 21.8 Å². The van der Waals surface area contributed by atoms with E-state index in [4.69, 9.17) is 5.73 Å². The third-order valence-electron chi connectivity index (χ3n) is 3.01. The zero-order valence-electron chi connectivity index (χ0n) is 12.1. The summed E-state index contributed by atoms with van der Waals surface area (Å²) < 4.78 is 32.2. The Morgan fingerprint density at radius 2 is 1.95 bits per heavy atom. The molecule has 0 aliphatic rings. The fourth-order valence-electron chi connectivity index (χ4n) is 1.63. The smallest absolute Gasteiger partial charge is 0.421 e. The molecule has 0 saturated carbocycles. The minimum absolute atomic E-state index is 0.108. The Bertz CT molecular complexity index is 379. The van der Waals surface area contributed by atoms with Crippen LogP contribution in [0.2, 0.25) is 0 Å². The van der Waals surface area contributed by atoms with Crippen LogP contribution in [0, 0.1) is 0 Å². The van der Waals surface area contributed by atoms with Crippen LogP contribution in [0.1, 0.15) is 40.5 Å². The van der Waals surface area contributed by atoms with Crippen molar-refractivity contribution < 1.29 is 17.9 Å². The number of hydrogen-bond acceptors (Lipinski definition) is 5. The summed E-state index contributed by atoms with van der Waals surface area (Å²) in [5, 5.41) is 0. The van der Waals surface area contributed by atoms with Gasteiger partial charge in [0.25, 0.3) is 0 Å². The second-order valence-electron chi connectivity index (χ2n) is 4.45. The molecule has 3 N–H and O–H groups in total. The highest BCUT2D eigenvalue weighted by atomic mass is 32.2. The lowest BCUT2D eigenvalue weighted by atomic mass is 9.99. The number of ether oxygens (including phenoxy) is 1. The Labute approximate surface area is 115 Å². The fourth-order valence-corrected chi connectivity index (χ4v) is 3.21. The summed E-state index contributed by atoms with van der Waals surface area (Å²) in [6, 6.07) is 0. The molecule has 0 rings (SSSR count). The van der Waals surface area contributed by atoms with Gasteiger partial charge in [-0.1, -0.05) is 13.8 Å². The summed E-state index contributed by atoms with van der Waals surface area (Å²) in [4.78, 5) is 11.3. The molecule has 0 spiro atoms. The molecule has 1 unspecified atom stereocenters. The summed E-state index contributed by atoms with van der Waals surface area (Å²) in [5.74, 6) is 0. The maximum absolute atomic E-state index is 12.2. The quantitative estimate of drug-likeness (QED) is 0.690. The minimum atomic E-state index is -3.96. The normalized spacial score (nSPS) is 15.1. The van der Waals surface area contributed by atoms with Crippen molar-refractivity contribution in [1.29, 1.82) is 0 Å². The number of carbonyl (C=O) groups is 1. The number of carbonyl (C=O) groups excluding carboxylic acids is 1. The van der Waals surface area contributed by atoms with Crippen molar-refractivity contribution >= 4 is 16.3 Å². The highest BCUT2D eigenvalue weighted by Gasteiger charge is 2.38. The van der Waals surface area contributed by atoms with E-state index in [9.17, 15) is 13.2 Å². The van der Waals surface area contributed by atoms with Gasteiger partial charge in [0.15, 0.2) is 0 Å². The van der Waals surface area contributed by atoms with Gasteiger partial charge >= 0.3 is 16.3 Å². The van der Waals surface area contributed by atoms with Crippen LogP contribution in [0.25, 0.3) is 0 Å². The molecule has 0 radical (unpaired) electrons. The van der Waals surface area contributed by atoms with E-state index in [0.717, 1.165) is 0 Å². The van der Waals surface area contributed by atoms with Crippen LogP contribution in [0.5, 0.6) is 0 Å². The predicted molar refractivity (Wildman–Crippen MR) is 73.8 cm³/mol. The van der Waals surface area contributed by atoms with E-state index in [1.807, 2.05) is 18.6 Å². The maximum Gasteiger partial charge on any atom is 0.421 e. The standard InChI is InChI=1S/C11H25N3O4S/c1-5-8-14(11(4,6-2)9-12)19(16,17)13-10(15)18-7-3/h5-9,12H2,1-4H3,(H,13,15). The van der Waals surface area contributed by atoms with Gasteiger partial charge in [-0.15, -0.1) is 0 Å². The molecule has 0 aromatic rings. The van der Waals surface area contributed by atoms with Crippen molar-refractivity contribution in [3.63, 3.8) is 0 Å². The second-order valence-corrected chi connectivity index (χ2v) is 6.05. The SMILES string of the molecule is CCCN(C(C)(CC)CN)S(=O)(=O)NC(=O)OCC. The Hall–Kier alpha value is -0.860. The van der Waals surface area contributed by atoms with Crippen LogP contribution in [-0.4, -0.2) is 44.1 Å². The molecule has 0 aromatic heterocycles. The van der Waals surface area contributed by atoms with Crippen LogP contribution in [0.3, 0.4) is 0 Å². The van der Waals surface area contributed by atoms with Crippen LogP contribution < -0.4 is 10.5 Å². The average Bonchev–Trinajstić information content (AvgIpc) is 2.34. The van der Waals surface area contributed by atoms with Crippen LogP contribution >= 0.6 is 0 Å². The van der Waals surface area contributed by atoms with Gasteiger partial charge in [0, 0.05) is 18.6 Å². The van der Waals surface area contributed by atoms with Crippen molar-refractivity contribution in [2.24, 2.45) is 5.73 Å². The molecule has 1 atom stereocenters. The van der Waals surface area contributed by atoms with E-state index in [-0.39, 0.29) is 19.7 Å². The molecular weight excluding hydrogens is 270 g/mol. The third-order valence-corrected chi connectivity index (χ3v) is 4.64. The topological polar surface area (TPSA) is 102 Å². The molecule has 0 aromatic carbocycles. The van der Waals surface area contributed by atoms with Gasteiger partial charge in [0.2, 0.25) is 0 Å². The van der Waals surface area contributed by atoms with Gasteiger partial charge < -0.3 is 10.5 Å². The molecule has 0 saturated heterocycles. The van der Waals surface area contributed by atoms with Crippen LogP contribution in [0.15, 0.2) is 0 Å². The molecule has 0 aliphatic heterocycles. The molecule has 0 bridgehead atoms. The predicted octanol–water partition coefficient (Wildman–Crippen LogP) is 0.817. The first-order valence-corrected chi connectivity index (χ1v) is 7.88. The zero-order chi connectivity index (χ0) is 15.1. The van der Waals surface area contributed by atoms with Gasteiger partial charge in [0.1, 0.15) is 0 Å². The maximum atomic E-state index is 12.2. The van der Waals surface area contributed by atoms with Gasteiger partial charge in [-0.25, -0.2) is 9.52 Å². The van der Waals surface area contributed by atoms with Crippen molar-refractivity contribution in [2.45, 2.75) is 46.1 Å². The number of amides is 1. The number of rotatable bonds is 8. The van der Waals surface area contributed by atoms with E-state index in [1.54, 1.807) is 13.8 Å². The Morgan fingerprint density at radius 3 is 2.32 bits per heavy atom. The summed E-state index contributed by atoms with van der Waals surface area (Å²) in [7, 11) is -3.96. The Morgan fingerprint density at radius 1 is 1.37 bits per heavy atom. The summed E-state index contributed by atoms with van der Waals surface area (Å²) >= 11 is 0. The van der Waals surface area contributed by atoms with E-state index in [2.05, 4.69) is 4.74 Å². The van der Waals surface area contributed by atoms with Gasteiger partial charge in [-0.05, 0) is 26.7 Å².